The molecular weight excluding hydrogens is 316 g/mol. The number of amides is 1. The molecule has 0 aliphatic carbocycles. The van der Waals surface area contributed by atoms with Gasteiger partial charge in [0.2, 0.25) is 0 Å². The van der Waals surface area contributed by atoms with Crippen molar-refractivity contribution in [1.82, 2.24) is 0 Å². The Morgan fingerprint density at radius 3 is 2.29 bits per heavy atom. The van der Waals surface area contributed by atoms with Crippen LogP contribution in [0, 0.1) is 10.1 Å². The van der Waals surface area contributed by atoms with E-state index in [9.17, 15) is 14.9 Å². The van der Waals surface area contributed by atoms with Crippen molar-refractivity contribution in [2.24, 2.45) is 0 Å². The van der Waals surface area contributed by atoms with Gasteiger partial charge in [-0.3, -0.25) is 14.9 Å². The average Bonchev–Trinajstić information content (AvgIpc) is 2.60. The van der Waals surface area contributed by atoms with E-state index in [0.717, 1.165) is 0 Å². The van der Waals surface area contributed by atoms with Crippen molar-refractivity contribution in [2.75, 3.05) is 26.6 Å². The first kappa shape index (κ1) is 17.1. The van der Waals surface area contributed by atoms with Gasteiger partial charge in [-0.1, -0.05) is 0 Å². The first-order valence-corrected chi connectivity index (χ1v) is 6.86. The van der Waals surface area contributed by atoms with Crippen molar-refractivity contribution < 1.29 is 23.9 Å². The predicted molar refractivity (Wildman–Crippen MR) is 87.1 cm³/mol. The number of nitrogens with zero attached hydrogens (tertiary/aromatic N) is 1. The molecule has 0 heterocycles. The van der Waals surface area contributed by atoms with Crippen molar-refractivity contribution in [3.8, 4) is 17.2 Å². The van der Waals surface area contributed by atoms with Crippen LogP contribution in [-0.4, -0.2) is 32.2 Å². The number of nitrogens with one attached hydrogen (secondary N) is 1. The molecule has 0 fully saturated rings. The van der Waals surface area contributed by atoms with E-state index in [0.29, 0.717) is 17.2 Å². The van der Waals surface area contributed by atoms with Crippen molar-refractivity contribution in [2.45, 2.75) is 0 Å². The van der Waals surface area contributed by atoms with Crippen LogP contribution in [-0.2, 0) is 0 Å². The maximum absolute atomic E-state index is 12.5. The largest absolute Gasteiger partial charge is 0.497 e. The standard InChI is InChI=1S/C16H16N2O6/c1-22-11-5-6-12(15(9-11)24-3)16(19)17-13-8-10(18(20)21)4-7-14(13)23-2/h4-9H,1-3H3,(H,17,19). The minimum Gasteiger partial charge on any atom is -0.497 e. The fourth-order valence-electron chi connectivity index (χ4n) is 2.08. The Morgan fingerprint density at radius 1 is 1.00 bits per heavy atom. The molecule has 0 aliphatic heterocycles. The summed E-state index contributed by atoms with van der Waals surface area (Å²) < 4.78 is 15.4. The zero-order valence-corrected chi connectivity index (χ0v) is 13.4. The molecule has 2 aromatic carbocycles. The van der Waals surface area contributed by atoms with Crippen molar-refractivity contribution in [3.63, 3.8) is 0 Å². The number of nitro groups is 1. The molecule has 2 aromatic rings. The molecule has 0 saturated heterocycles. The van der Waals surface area contributed by atoms with Gasteiger partial charge in [-0.25, -0.2) is 0 Å². The lowest BCUT2D eigenvalue weighted by Gasteiger charge is -2.12. The average molecular weight is 332 g/mol. The van der Waals surface area contributed by atoms with Gasteiger partial charge in [-0.2, -0.15) is 0 Å². The van der Waals surface area contributed by atoms with E-state index in [1.165, 1.54) is 45.6 Å². The summed E-state index contributed by atoms with van der Waals surface area (Å²) in [6.07, 6.45) is 0. The highest BCUT2D eigenvalue weighted by molar-refractivity contribution is 6.07. The van der Waals surface area contributed by atoms with Crippen LogP contribution in [0.25, 0.3) is 0 Å². The molecule has 8 heteroatoms. The Bertz CT molecular complexity index is 775. The van der Waals surface area contributed by atoms with Gasteiger partial charge in [0.05, 0.1) is 37.5 Å². The monoisotopic (exact) mass is 332 g/mol. The lowest BCUT2D eigenvalue weighted by atomic mass is 10.1. The third-order valence-electron chi connectivity index (χ3n) is 3.30. The van der Waals surface area contributed by atoms with E-state index in [-0.39, 0.29) is 16.9 Å². The number of methoxy groups -OCH3 is 3. The second-order valence-electron chi connectivity index (χ2n) is 4.66. The number of non-ortho nitro benzene ring substituents is 1. The van der Waals surface area contributed by atoms with E-state index in [1.807, 2.05) is 0 Å². The zero-order valence-electron chi connectivity index (χ0n) is 13.4. The molecule has 1 amide bonds. The molecule has 2 rings (SSSR count). The molecule has 0 saturated carbocycles. The molecule has 8 nitrogen and oxygen atoms in total. The Kier molecular flexibility index (Phi) is 5.20. The van der Waals surface area contributed by atoms with Gasteiger partial charge in [0.1, 0.15) is 17.2 Å². The number of nitro benzene ring substituents is 1. The fraction of sp³-hybridized carbons (Fsp3) is 0.188. The summed E-state index contributed by atoms with van der Waals surface area (Å²) in [6.45, 7) is 0. The lowest BCUT2D eigenvalue weighted by Crippen LogP contribution is -2.14. The van der Waals surface area contributed by atoms with Crippen LogP contribution < -0.4 is 19.5 Å². The Balaban J connectivity index is 2.36. The van der Waals surface area contributed by atoms with Gasteiger partial charge in [-0.15, -0.1) is 0 Å². The van der Waals surface area contributed by atoms with Gasteiger partial charge < -0.3 is 19.5 Å². The van der Waals surface area contributed by atoms with Crippen LogP contribution in [0.4, 0.5) is 11.4 Å². The molecule has 0 aliphatic rings. The number of carbonyl (C=O) groups excluding carboxylic acids is 1. The van der Waals surface area contributed by atoms with E-state index in [4.69, 9.17) is 14.2 Å². The van der Waals surface area contributed by atoms with Crippen molar-refractivity contribution in [1.29, 1.82) is 0 Å². The van der Waals surface area contributed by atoms with Crippen LogP contribution in [0.5, 0.6) is 17.2 Å². The number of anilines is 1. The van der Waals surface area contributed by atoms with E-state index in [2.05, 4.69) is 5.32 Å². The molecular formula is C16H16N2O6. The lowest BCUT2D eigenvalue weighted by molar-refractivity contribution is -0.384. The summed E-state index contributed by atoms with van der Waals surface area (Å²) in [5, 5.41) is 13.5. The number of carbonyl (C=O) groups is 1. The van der Waals surface area contributed by atoms with E-state index in [1.54, 1.807) is 12.1 Å². The normalized spacial score (nSPS) is 9.96. The highest BCUT2D eigenvalue weighted by Crippen LogP contribution is 2.31. The minimum atomic E-state index is -0.553. The van der Waals surface area contributed by atoms with E-state index < -0.39 is 10.8 Å². The number of ether oxygens (including phenoxy) is 3. The van der Waals surface area contributed by atoms with Gasteiger partial charge in [0.15, 0.2) is 0 Å². The third kappa shape index (κ3) is 3.54. The number of rotatable bonds is 6. The van der Waals surface area contributed by atoms with Crippen LogP contribution in [0.15, 0.2) is 36.4 Å². The quantitative estimate of drug-likeness (QED) is 0.645. The maximum Gasteiger partial charge on any atom is 0.271 e. The summed E-state index contributed by atoms with van der Waals surface area (Å²) >= 11 is 0. The summed E-state index contributed by atoms with van der Waals surface area (Å²) in [6, 6.07) is 8.66. The van der Waals surface area contributed by atoms with Gasteiger partial charge in [0.25, 0.3) is 11.6 Å². The van der Waals surface area contributed by atoms with Crippen LogP contribution in [0.1, 0.15) is 10.4 Å². The summed E-state index contributed by atoms with van der Waals surface area (Å²) in [4.78, 5) is 22.8. The second-order valence-corrected chi connectivity index (χ2v) is 4.66. The highest BCUT2D eigenvalue weighted by Gasteiger charge is 2.17. The van der Waals surface area contributed by atoms with Gasteiger partial charge in [0, 0.05) is 18.2 Å². The van der Waals surface area contributed by atoms with Gasteiger partial charge >= 0.3 is 0 Å². The Hall–Kier alpha value is -3.29. The van der Waals surface area contributed by atoms with E-state index >= 15 is 0 Å². The number of hydrogen-bond donors (Lipinski definition) is 1. The zero-order chi connectivity index (χ0) is 17.7. The van der Waals surface area contributed by atoms with Crippen LogP contribution in [0.3, 0.4) is 0 Å². The topological polar surface area (TPSA) is 99.9 Å². The van der Waals surface area contributed by atoms with Gasteiger partial charge in [-0.05, 0) is 18.2 Å². The summed E-state index contributed by atoms with van der Waals surface area (Å²) in [7, 11) is 4.34. The molecule has 0 unspecified atom stereocenters. The molecule has 0 bridgehead atoms. The summed E-state index contributed by atoms with van der Waals surface area (Å²) in [5.41, 5.74) is 0.286. The van der Waals surface area contributed by atoms with Crippen molar-refractivity contribution in [3.05, 3.63) is 52.1 Å². The summed E-state index contributed by atoms with van der Waals surface area (Å²) in [5.74, 6) is 0.669. The predicted octanol–water partition coefficient (Wildman–Crippen LogP) is 2.87. The molecule has 1 N–H and O–H groups in total. The fourth-order valence-corrected chi connectivity index (χ4v) is 2.08. The van der Waals surface area contributed by atoms with Crippen molar-refractivity contribution >= 4 is 17.3 Å². The molecule has 126 valence electrons. The number of hydrogen-bond acceptors (Lipinski definition) is 6. The Morgan fingerprint density at radius 2 is 1.71 bits per heavy atom. The molecule has 0 aromatic heterocycles. The third-order valence-corrected chi connectivity index (χ3v) is 3.30. The molecule has 0 atom stereocenters. The smallest absolute Gasteiger partial charge is 0.271 e. The second kappa shape index (κ2) is 7.32. The highest BCUT2D eigenvalue weighted by atomic mass is 16.6. The number of benzene rings is 2. The molecule has 0 radical (unpaired) electrons. The molecule has 0 spiro atoms. The molecule has 24 heavy (non-hydrogen) atoms. The minimum absolute atomic E-state index is 0.159. The van der Waals surface area contributed by atoms with Crippen LogP contribution >= 0.6 is 0 Å². The van der Waals surface area contributed by atoms with Crippen LogP contribution in [0.2, 0.25) is 0 Å². The SMILES string of the molecule is COc1ccc(C(=O)Nc2cc([N+](=O)[O-])ccc2OC)c(OC)c1. The first-order valence-electron chi connectivity index (χ1n) is 6.86. The maximum atomic E-state index is 12.5. The Labute approximate surface area is 138 Å². The first-order chi connectivity index (χ1) is 11.5.